The zero-order valence-electron chi connectivity index (χ0n) is 13.8. The first-order valence-corrected chi connectivity index (χ1v) is 7.87. The molecule has 0 spiro atoms. The maximum Gasteiger partial charge on any atom is 0.319 e. The van der Waals surface area contributed by atoms with Crippen LogP contribution >= 0.6 is 0 Å². The number of hydrogen-bond acceptors (Lipinski definition) is 3. The van der Waals surface area contributed by atoms with Crippen LogP contribution in [-0.4, -0.2) is 33.6 Å². The molecule has 1 aromatic carbocycles. The Morgan fingerprint density at radius 1 is 1.35 bits per heavy atom. The van der Waals surface area contributed by atoms with E-state index in [4.69, 9.17) is 0 Å². The van der Waals surface area contributed by atoms with E-state index in [0.29, 0.717) is 12.1 Å². The smallest absolute Gasteiger partial charge is 0.319 e. The van der Waals surface area contributed by atoms with Gasteiger partial charge in [-0.05, 0) is 38.5 Å². The van der Waals surface area contributed by atoms with Gasteiger partial charge in [0.2, 0.25) is 0 Å². The summed E-state index contributed by atoms with van der Waals surface area (Å²) < 4.78 is 1.80. The van der Waals surface area contributed by atoms with Gasteiger partial charge in [-0.15, -0.1) is 0 Å². The SMILES string of the molecule is CCCC(O)CNC(=O)Nc1ccccc1-n1nc(C)cc1C. The van der Waals surface area contributed by atoms with Crippen LogP contribution in [0, 0.1) is 13.8 Å². The van der Waals surface area contributed by atoms with E-state index in [1.165, 1.54) is 0 Å². The molecular formula is C17H24N4O2. The molecule has 2 aromatic rings. The number of nitrogens with one attached hydrogen (secondary N) is 2. The third kappa shape index (κ3) is 4.56. The third-order valence-corrected chi connectivity index (χ3v) is 3.51. The van der Waals surface area contributed by atoms with Gasteiger partial charge in [0.05, 0.1) is 23.2 Å². The lowest BCUT2D eigenvalue weighted by Crippen LogP contribution is -2.35. The Balaban J connectivity index is 2.09. The van der Waals surface area contributed by atoms with Crippen molar-refractivity contribution in [2.24, 2.45) is 0 Å². The lowest BCUT2D eigenvalue weighted by atomic mass is 10.2. The van der Waals surface area contributed by atoms with E-state index in [2.05, 4.69) is 15.7 Å². The van der Waals surface area contributed by atoms with E-state index in [9.17, 15) is 9.90 Å². The van der Waals surface area contributed by atoms with Gasteiger partial charge in [0.15, 0.2) is 0 Å². The highest BCUT2D eigenvalue weighted by Crippen LogP contribution is 2.21. The largest absolute Gasteiger partial charge is 0.391 e. The summed E-state index contributed by atoms with van der Waals surface area (Å²) in [5, 5.41) is 19.6. The van der Waals surface area contributed by atoms with E-state index < -0.39 is 6.10 Å². The molecular weight excluding hydrogens is 292 g/mol. The molecule has 0 saturated heterocycles. The van der Waals surface area contributed by atoms with Crippen LogP contribution in [0.25, 0.3) is 5.69 Å². The molecule has 6 nitrogen and oxygen atoms in total. The van der Waals surface area contributed by atoms with Crippen molar-refractivity contribution in [3.8, 4) is 5.69 Å². The molecule has 1 atom stereocenters. The highest BCUT2D eigenvalue weighted by atomic mass is 16.3. The molecule has 2 amide bonds. The average molecular weight is 316 g/mol. The average Bonchev–Trinajstić information content (AvgIpc) is 2.84. The molecule has 0 radical (unpaired) electrons. The van der Waals surface area contributed by atoms with Crippen LogP contribution in [0.2, 0.25) is 0 Å². The molecule has 0 aliphatic carbocycles. The Hall–Kier alpha value is -2.34. The minimum atomic E-state index is -0.517. The zero-order chi connectivity index (χ0) is 16.8. The Morgan fingerprint density at radius 3 is 2.74 bits per heavy atom. The summed E-state index contributed by atoms with van der Waals surface area (Å²) in [4.78, 5) is 12.0. The highest BCUT2D eigenvalue weighted by Gasteiger charge is 2.11. The van der Waals surface area contributed by atoms with Gasteiger partial charge in [0.1, 0.15) is 0 Å². The van der Waals surface area contributed by atoms with Crippen LogP contribution in [0.4, 0.5) is 10.5 Å². The Kier molecular flexibility index (Phi) is 5.76. The van der Waals surface area contributed by atoms with E-state index in [-0.39, 0.29) is 12.6 Å². The summed E-state index contributed by atoms with van der Waals surface area (Å²) >= 11 is 0. The van der Waals surface area contributed by atoms with Crippen molar-refractivity contribution in [2.75, 3.05) is 11.9 Å². The summed E-state index contributed by atoms with van der Waals surface area (Å²) in [6.45, 7) is 6.13. The molecule has 6 heteroatoms. The number of aliphatic hydroxyl groups excluding tert-OH is 1. The van der Waals surface area contributed by atoms with E-state index in [1.807, 2.05) is 51.1 Å². The van der Waals surface area contributed by atoms with Crippen LogP contribution in [0.1, 0.15) is 31.2 Å². The van der Waals surface area contributed by atoms with E-state index in [1.54, 1.807) is 4.68 Å². The summed E-state index contributed by atoms with van der Waals surface area (Å²) in [6, 6.07) is 9.14. The first-order valence-electron chi connectivity index (χ1n) is 7.87. The quantitative estimate of drug-likeness (QED) is 0.766. The number of nitrogens with zero attached hydrogens (tertiary/aromatic N) is 2. The molecule has 0 aliphatic rings. The van der Waals surface area contributed by atoms with Crippen LogP contribution in [-0.2, 0) is 0 Å². The van der Waals surface area contributed by atoms with Gasteiger partial charge in [-0.1, -0.05) is 25.5 Å². The van der Waals surface area contributed by atoms with Crippen molar-refractivity contribution in [3.63, 3.8) is 0 Å². The van der Waals surface area contributed by atoms with Gasteiger partial charge in [0, 0.05) is 12.2 Å². The fourth-order valence-corrected chi connectivity index (χ4v) is 2.45. The van der Waals surface area contributed by atoms with Crippen molar-refractivity contribution in [3.05, 3.63) is 41.7 Å². The van der Waals surface area contributed by atoms with Crippen molar-refractivity contribution in [1.82, 2.24) is 15.1 Å². The summed E-state index contributed by atoms with van der Waals surface area (Å²) in [6.07, 6.45) is 1.03. The number of carbonyl (C=O) groups excluding carboxylic acids is 1. The number of hydrogen-bond donors (Lipinski definition) is 3. The number of carbonyl (C=O) groups is 1. The van der Waals surface area contributed by atoms with Crippen molar-refractivity contribution in [1.29, 1.82) is 0 Å². The highest BCUT2D eigenvalue weighted by molar-refractivity contribution is 5.91. The van der Waals surface area contributed by atoms with Gasteiger partial charge in [0.25, 0.3) is 0 Å². The van der Waals surface area contributed by atoms with Gasteiger partial charge in [-0.2, -0.15) is 5.10 Å². The maximum absolute atomic E-state index is 12.0. The molecule has 1 heterocycles. The van der Waals surface area contributed by atoms with Crippen LogP contribution in [0.15, 0.2) is 30.3 Å². The molecule has 1 aromatic heterocycles. The molecule has 2 rings (SSSR count). The number of aromatic nitrogens is 2. The number of aryl methyl sites for hydroxylation is 2. The minimum absolute atomic E-state index is 0.238. The van der Waals surface area contributed by atoms with Crippen LogP contribution in [0.5, 0.6) is 0 Å². The van der Waals surface area contributed by atoms with Crippen LogP contribution in [0.3, 0.4) is 0 Å². The number of para-hydroxylation sites is 2. The fraction of sp³-hybridized carbons (Fsp3) is 0.412. The number of benzene rings is 1. The number of rotatable bonds is 6. The van der Waals surface area contributed by atoms with E-state index >= 15 is 0 Å². The van der Waals surface area contributed by atoms with E-state index in [0.717, 1.165) is 23.5 Å². The monoisotopic (exact) mass is 316 g/mol. The van der Waals surface area contributed by atoms with Gasteiger partial charge in [-0.25, -0.2) is 9.48 Å². The Bertz CT molecular complexity index is 666. The van der Waals surface area contributed by atoms with Gasteiger partial charge >= 0.3 is 6.03 Å². The predicted octanol–water partition coefficient (Wildman–Crippen LogP) is 2.77. The van der Waals surface area contributed by atoms with Gasteiger partial charge in [-0.3, -0.25) is 0 Å². The Labute approximate surface area is 136 Å². The molecule has 23 heavy (non-hydrogen) atoms. The number of aliphatic hydroxyl groups is 1. The number of amides is 2. The normalized spacial score (nSPS) is 12.0. The molecule has 0 saturated carbocycles. The fourth-order valence-electron chi connectivity index (χ4n) is 2.45. The van der Waals surface area contributed by atoms with Crippen molar-refractivity contribution in [2.45, 2.75) is 39.7 Å². The summed E-state index contributed by atoms with van der Waals surface area (Å²) in [5.41, 5.74) is 3.39. The number of anilines is 1. The second-order valence-corrected chi connectivity index (χ2v) is 5.63. The summed E-state index contributed by atoms with van der Waals surface area (Å²) in [5.74, 6) is 0. The second kappa shape index (κ2) is 7.78. The Morgan fingerprint density at radius 2 is 2.09 bits per heavy atom. The standard InChI is InChI=1S/C17H24N4O2/c1-4-7-14(22)11-18-17(23)19-15-8-5-6-9-16(15)21-13(3)10-12(2)20-21/h5-6,8-10,14,22H,4,7,11H2,1-3H3,(H2,18,19,23). The molecule has 3 N–H and O–H groups in total. The van der Waals surface area contributed by atoms with Crippen LogP contribution < -0.4 is 10.6 Å². The maximum atomic E-state index is 12.0. The molecule has 124 valence electrons. The number of urea groups is 1. The molecule has 1 unspecified atom stereocenters. The lowest BCUT2D eigenvalue weighted by Gasteiger charge is -2.14. The minimum Gasteiger partial charge on any atom is -0.391 e. The first-order chi connectivity index (χ1) is 11.0. The lowest BCUT2D eigenvalue weighted by molar-refractivity contribution is 0.162. The third-order valence-electron chi connectivity index (χ3n) is 3.51. The van der Waals surface area contributed by atoms with Crippen molar-refractivity contribution < 1.29 is 9.90 Å². The first kappa shape index (κ1) is 17.0. The molecule has 0 fully saturated rings. The van der Waals surface area contributed by atoms with Crippen molar-refractivity contribution >= 4 is 11.7 Å². The molecule has 0 aliphatic heterocycles. The summed E-state index contributed by atoms with van der Waals surface area (Å²) in [7, 11) is 0. The zero-order valence-corrected chi connectivity index (χ0v) is 13.8. The predicted molar refractivity (Wildman–Crippen MR) is 91.0 cm³/mol. The molecule has 0 bridgehead atoms. The second-order valence-electron chi connectivity index (χ2n) is 5.63. The topological polar surface area (TPSA) is 79.2 Å². The van der Waals surface area contributed by atoms with Gasteiger partial charge < -0.3 is 15.7 Å².